The Balaban J connectivity index is 2.26. The third-order valence-electron chi connectivity index (χ3n) is 3.72. The summed E-state index contributed by atoms with van der Waals surface area (Å²) in [4.78, 5) is 2.29. The summed E-state index contributed by atoms with van der Waals surface area (Å²) in [7, 11) is 0. The molecule has 0 aliphatic carbocycles. The molecule has 112 valence electrons. The first kappa shape index (κ1) is 15.7. The topological polar surface area (TPSA) is 29.3 Å². The van der Waals surface area contributed by atoms with Gasteiger partial charge in [-0.05, 0) is 36.7 Å². The molecule has 0 saturated heterocycles. The first-order chi connectivity index (χ1) is 10.1. The normalized spacial score (nSPS) is 14.1. The summed E-state index contributed by atoms with van der Waals surface area (Å²) < 4.78 is 13.5. The van der Waals surface area contributed by atoms with Crippen LogP contribution in [0.4, 0.5) is 4.39 Å². The van der Waals surface area contributed by atoms with Gasteiger partial charge in [-0.1, -0.05) is 49.4 Å². The van der Waals surface area contributed by atoms with Gasteiger partial charge in [0.05, 0.1) is 6.04 Å². The monoisotopic (exact) mass is 286 g/mol. The van der Waals surface area contributed by atoms with Gasteiger partial charge in [-0.25, -0.2) is 4.39 Å². The van der Waals surface area contributed by atoms with Gasteiger partial charge in [0.1, 0.15) is 5.82 Å². The fourth-order valence-corrected chi connectivity index (χ4v) is 2.76. The minimum Gasteiger partial charge on any atom is -0.326 e. The maximum Gasteiger partial charge on any atom is 0.123 e. The Morgan fingerprint density at radius 1 is 1.10 bits per heavy atom. The Morgan fingerprint density at radius 3 is 2.38 bits per heavy atom. The molecule has 2 aromatic carbocycles. The number of nitrogens with zero attached hydrogens (tertiary/aromatic N) is 1. The average Bonchev–Trinajstić information content (AvgIpc) is 2.47. The van der Waals surface area contributed by atoms with Crippen LogP contribution in [0.1, 0.15) is 31.0 Å². The summed E-state index contributed by atoms with van der Waals surface area (Å²) in [5.41, 5.74) is 8.36. The van der Waals surface area contributed by atoms with Crippen LogP contribution in [0, 0.1) is 5.82 Å². The van der Waals surface area contributed by atoms with Crippen molar-refractivity contribution >= 4 is 0 Å². The van der Waals surface area contributed by atoms with E-state index < -0.39 is 0 Å². The minimum atomic E-state index is -0.214. The van der Waals surface area contributed by atoms with Gasteiger partial charge < -0.3 is 5.73 Å². The van der Waals surface area contributed by atoms with Crippen molar-refractivity contribution in [1.29, 1.82) is 0 Å². The second-order valence-corrected chi connectivity index (χ2v) is 5.41. The van der Waals surface area contributed by atoms with E-state index in [1.54, 1.807) is 12.1 Å². The zero-order valence-corrected chi connectivity index (χ0v) is 12.7. The van der Waals surface area contributed by atoms with E-state index in [1.165, 1.54) is 11.6 Å². The number of hydrogen-bond donors (Lipinski definition) is 1. The maximum atomic E-state index is 13.5. The van der Waals surface area contributed by atoms with E-state index in [9.17, 15) is 4.39 Å². The van der Waals surface area contributed by atoms with Gasteiger partial charge >= 0.3 is 0 Å². The van der Waals surface area contributed by atoms with Crippen LogP contribution in [0.5, 0.6) is 0 Å². The zero-order valence-electron chi connectivity index (χ0n) is 12.7. The fraction of sp³-hybridized carbons (Fsp3) is 0.333. The van der Waals surface area contributed by atoms with E-state index >= 15 is 0 Å². The highest BCUT2D eigenvalue weighted by molar-refractivity contribution is 5.23. The van der Waals surface area contributed by atoms with Crippen molar-refractivity contribution in [2.24, 2.45) is 5.73 Å². The van der Waals surface area contributed by atoms with Crippen molar-refractivity contribution in [3.8, 4) is 0 Å². The molecule has 2 N–H and O–H groups in total. The summed E-state index contributed by atoms with van der Waals surface area (Å²) in [5.74, 6) is -0.214. The highest BCUT2D eigenvalue weighted by atomic mass is 19.1. The molecule has 0 fully saturated rings. The molecule has 0 aliphatic heterocycles. The van der Waals surface area contributed by atoms with Crippen LogP contribution in [0.2, 0.25) is 0 Å². The Bertz CT molecular complexity index is 554. The SMILES string of the molecule is CCN(Cc1ccccc1)C(c1cccc(F)c1)C(C)N. The zero-order chi connectivity index (χ0) is 15.2. The van der Waals surface area contributed by atoms with E-state index in [4.69, 9.17) is 5.73 Å². The van der Waals surface area contributed by atoms with Crippen molar-refractivity contribution in [3.63, 3.8) is 0 Å². The quantitative estimate of drug-likeness (QED) is 0.876. The minimum absolute atomic E-state index is 0.00547. The van der Waals surface area contributed by atoms with Gasteiger partial charge in [0, 0.05) is 12.6 Å². The van der Waals surface area contributed by atoms with Gasteiger partial charge in [0.25, 0.3) is 0 Å². The molecule has 0 spiro atoms. The van der Waals surface area contributed by atoms with E-state index in [1.807, 2.05) is 31.2 Å². The van der Waals surface area contributed by atoms with Crippen molar-refractivity contribution in [2.45, 2.75) is 32.5 Å². The standard InChI is InChI=1S/C18H23FN2/c1-3-21(13-15-8-5-4-6-9-15)18(14(2)20)16-10-7-11-17(19)12-16/h4-12,14,18H,3,13,20H2,1-2H3. The van der Waals surface area contributed by atoms with Crippen molar-refractivity contribution < 1.29 is 4.39 Å². The lowest BCUT2D eigenvalue weighted by Gasteiger charge is -2.34. The molecule has 2 rings (SSSR count). The predicted molar refractivity (Wildman–Crippen MR) is 85.3 cm³/mol. The molecule has 2 nitrogen and oxygen atoms in total. The number of likely N-dealkylation sites (N-methyl/N-ethyl adjacent to an activating group) is 1. The largest absolute Gasteiger partial charge is 0.326 e. The molecule has 21 heavy (non-hydrogen) atoms. The Kier molecular flexibility index (Phi) is 5.48. The van der Waals surface area contributed by atoms with Crippen molar-refractivity contribution in [1.82, 2.24) is 4.90 Å². The summed E-state index contributed by atoms with van der Waals surface area (Å²) in [6, 6.07) is 17.0. The molecule has 0 aromatic heterocycles. The van der Waals surface area contributed by atoms with Crippen LogP contribution in [0.3, 0.4) is 0 Å². The van der Waals surface area contributed by atoms with Gasteiger partial charge in [-0.15, -0.1) is 0 Å². The Hall–Kier alpha value is -1.71. The first-order valence-corrected chi connectivity index (χ1v) is 7.41. The summed E-state index contributed by atoms with van der Waals surface area (Å²) in [5, 5.41) is 0. The molecule has 0 aliphatic rings. The Morgan fingerprint density at radius 2 is 1.81 bits per heavy atom. The van der Waals surface area contributed by atoms with E-state index in [-0.39, 0.29) is 17.9 Å². The smallest absolute Gasteiger partial charge is 0.123 e. The third-order valence-corrected chi connectivity index (χ3v) is 3.72. The summed E-state index contributed by atoms with van der Waals surface area (Å²) in [6.07, 6.45) is 0. The number of hydrogen-bond acceptors (Lipinski definition) is 2. The fourth-order valence-electron chi connectivity index (χ4n) is 2.76. The summed E-state index contributed by atoms with van der Waals surface area (Å²) >= 11 is 0. The Labute approximate surface area is 126 Å². The van der Waals surface area contributed by atoms with Gasteiger partial charge in [-0.3, -0.25) is 4.90 Å². The predicted octanol–water partition coefficient (Wildman–Crippen LogP) is 3.74. The van der Waals surface area contributed by atoms with Crippen LogP contribution in [0.15, 0.2) is 54.6 Å². The van der Waals surface area contributed by atoms with E-state index in [2.05, 4.69) is 24.0 Å². The van der Waals surface area contributed by atoms with Crippen LogP contribution in [-0.2, 0) is 6.54 Å². The summed E-state index contributed by atoms with van der Waals surface area (Å²) in [6.45, 7) is 5.75. The molecule has 3 heteroatoms. The maximum absolute atomic E-state index is 13.5. The molecule has 0 radical (unpaired) electrons. The van der Waals surface area contributed by atoms with Crippen LogP contribution >= 0.6 is 0 Å². The van der Waals surface area contributed by atoms with E-state index in [0.29, 0.717) is 0 Å². The number of halogens is 1. The van der Waals surface area contributed by atoms with Gasteiger partial charge in [0.15, 0.2) is 0 Å². The van der Waals surface area contributed by atoms with Crippen LogP contribution in [-0.4, -0.2) is 17.5 Å². The molecule has 0 heterocycles. The second-order valence-electron chi connectivity index (χ2n) is 5.41. The van der Waals surface area contributed by atoms with E-state index in [0.717, 1.165) is 18.7 Å². The van der Waals surface area contributed by atoms with Gasteiger partial charge in [-0.2, -0.15) is 0 Å². The molecule has 0 saturated carbocycles. The number of nitrogens with two attached hydrogens (primary N) is 1. The lowest BCUT2D eigenvalue weighted by Crippen LogP contribution is -2.39. The first-order valence-electron chi connectivity index (χ1n) is 7.41. The molecule has 2 unspecified atom stereocenters. The lowest BCUT2D eigenvalue weighted by molar-refractivity contribution is 0.176. The average molecular weight is 286 g/mol. The second kappa shape index (κ2) is 7.34. The van der Waals surface area contributed by atoms with Gasteiger partial charge in [0.2, 0.25) is 0 Å². The molecule has 2 aromatic rings. The highest BCUT2D eigenvalue weighted by Gasteiger charge is 2.23. The number of rotatable bonds is 6. The third kappa shape index (κ3) is 4.13. The molecule has 2 atom stereocenters. The van der Waals surface area contributed by atoms with Crippen molar-refractivity contribution in [2.75, 3.05) is 6.54 Å². The molecule has 0 amide bonds. The number of benzene rings is 2. The van der Waals surface area contributed by atoms with Crippen LogP contribution < -0.4 is 5.73 Å². The lowest BCUT2D eigenvalue weighted by atomic mass is 9.98. The van der Waals surface area contributed by atoms with Crippen LogP contribution in [0.25, 0.3) is 0 Å². The van der Waals surface area contributed by atoms with Crippen molar-refractivity contribution in [3.05, 3.63) is 71.5 Å². The molecular formula is C18H23FN2. The highest BCUT2D eigenvalue weighted by Crippen LogP contribution is 2.25. The molecule has 0 bridgehead atoms. The molecular weight excluding hydrogens is 263 g/mol.